The molecule has 0 N–H and O–H groups in total. The van der Waals surface area contributed by atoms with Crippen LogP contribution in [0.3, 0.4) is 0 Å². The van der Waals surface area contributed by atoms with Crippen LogP contribution in [0.1, 0.15) is 34.3 Å². The number of pyridine rings is 2. The molecule has 0 bridgehead atoms. The van der Waals surface area contributed by atoms with E-state index in [0.717, 1.165) is 16.9 Å². The fourth-order valence-corrected chi connectivity index (χ4v) is 4.63. The second-order valence-electron chi connectivity index (χ2n) is 8.95. The summed E-state index contributed by atoms with van der Waals surface area (Å²) >= 11 is 12.5. The molecule has 0 unspecified atom stereocenters. The van der Waals surface area contributed by atoms with Crippen molar-refractivity contribution in [1.29, 1.82) is 0 Å². The number of anilines is 1. The van der Waals surface area contributed by atoms with Crippen LogP contribution in [0.4, 0.5) is 5.82 Å². The molecule has 3 heterocycles. The highest BCUT2D eigenvalue weighted by Gasteiger charge is 2.40. The lowest BCUT2D eigenvalue weighted by Gasteiger charge is -2.25. The number of amides is 1. The van der Waals surface area contributed by atoms with E-state index in [-0.39, 0.29) is 23.8 Å². The first-order chi connectivity index (χ1) is 16.2. The van der Waals surface area contributed by atoms with Crippen LogP contribution in [-0.2, 0) is 0 Å². The minimum Gasteiger partial charge on any atom is -0.474 e. The van der Waals surface area contributed by atoms with Crippen molar-refractivity contribution in [2.75, 3.05) is 32.1 Å². The fourth-order valence-electron chi connectivity index (χ4n) is 4.33. The summed E-state index contributed by atoms with van der Waals surface area (Å²) in [4.78, 5) is 25.9. The van der Waals surface area contributed by atoms with Crippen molar-refractivity contribution in [3.05, 3.63) is 81.6 Å². The third kappa shape index (κ3) is 5.29. The highest BCUT2D eigenvalue weighted by molar-refractivity contribution is 6.42. The second-order valence-corrected chi connectivity index (χ2v) is 9.76. The molecule has 178 valence electrons. The lowest BCUT2D eigenvalue weighted by molar-refractivity contribution is 0.0769. The fraction of sp³-hybridized carbons (Fsp3) is 0.346. The maximum Gasteiger partial charge on any atom is 0.255 e. The van der Waals surface area contributed by atoms with Gasteiger partial charge in [-0.1, -0.05) is 35.3 Å². The van der Waals surface area contributed by atoms with Gasteiger partial charge < -0.3 is 14.5 Å². The molecule has 1 amide bonds. The molecule has 1 saturated heterocycles. The maximum atomic E-state index is 13.4. The Balaban J connectivity index is 1.59. The zero-order chi connectivity index (χ0) is 24.4. The molecule has 3 aromatic rings. The van der Waals surface area contributed by atoms with E-state index >= 15 is 0 Å². The first-order valence-electron chi connectivity index (χ1n) is 11.2. The molecule has 0 saturated carbocycles. The number of rotatable bonds is 6. The van der Waals surface area contributed by atoms with E-state index in [1.807, 2.05) is 74.1 Å². The largest absolute Gasteiger partial charge is 0.474 e. The quantitative estimate of drug-likeness (QED) is 0.450. The Bertz CT molecular complexity index is 1150. The topological polar surface area (TPSA) is 58.6 Å². The van der Waals surface area contributed by atoms with Gasteiger partial charge in [-0.05, 0) is 49.2 Å². The van der Waals surface area contributed by atoms with Gasteiger partial charge in [0.1, 0.15) is 11.9 Å². The molecular formula is C26H28Cl2N4O2. The van der Waals surface area contributed by atoms with Crippen molar-refractivity contribution >= 4 is 34.9 Å². The van der Waals surface area contributed by atoms with E-state index in [9.17, 15) is 4.79 Å². The molecule has 6 nitrogen and oxygen atoms in total. The Morgan fingerprint density at radius 2 is 1.85 bits per heavy atom. The number of hydrogen-bond acceptors (Lipinski definition) is 5. The Morgan fingerprint density at radius 1 is 1.06 bits per heavy atom. The van der Waals surface area contributed by atoms with Crippen LogP contribution >= 0.6 is 23.2 Å². The smallest absolute Gasteiger partial charge is 0.255 e. The molecule has 0 aliphatic carbocycles. The van der Waals surface area contributed by atoms with Gasteiger partial charge in [-0.25, -0.2) is 9.97 Å². The monoisotopic (exact) mass is 498 g/mol. The molecule has 3 atom stereocenters. The van der Waals surface area contributed by atoms with E-state index in [1.165, 1.54) is 0 Å². The minimum atomic E-state index is -0.179. The van der Waals surface area contributed by atoms with Crippen molar-refractivity contribution in [2.24, 2.45) is 5.92 Å². The number of benzene rings is 1. The van der Waals surface area contributed by atoms with Crippen LogP contribution in [0.15, 0.2) is 54.9 Å². The first kappa shape index (κ1) is 24.3. The van der Waals surface area contributed by atoms with E-state index in [4.69, 9.17) is 27.9 Å². The minimum absolute atomic E-state index is 0.0353. The molecular weight excluding hydrogens is 471 g/mol. The molecule has 1 aliphatic rings. The highest BCUT2D eigenvalue weighted by Crippen LogP contribution is 2.38. The zero-order valence-electron chi connectivity index (χ0n) is 19.7. The van der Waals surface area contributed by atoms with Gasteiger partial charge in [-0.15, -0.1) is 0 Å². The van der Waals surface area contributed by atoms with Gasteiger partial charge >= 0.3 is 0 Å². The normalized spacial score (nSPS) is 18.6. The van der Waals surface area contributed by atoms with Crippen LogP contribution in [-0.4, -0.2) is 54.1 Å². The molecule has 4 rings (SSSR count). The molecule has 0 radical (unpaired) electrons. The van der Waals surface area contributed by atoms with Crippen molar-refractivity contribution in [2.45, 2.75) is 25.9 Å². The van der Waals surface area contributed by atoms with Crippen LogP contribution in [0.2, 0.25) is 10.0 Å². The van der Waals surface area contributed by atoms with E-state index in [2.05, 4.69) is 9.97 Å². The predicted molar refractivity (Wildman–Crippen MR) is 136 cm³/mol. The van der Waals surface area contributed by atoms with Crippen LogP contribution in [0.5, 0.6) is 5.88 Å². The molecule has 1 aromatic carbocycles. The molecule has 1 fully saturated rings. The van der Waals surface area contributed by atoms with Gasteiger partial charge in [0.25, 0.3) is 5.91 Å². The number of ether oxygens (including phenoxy) is 1. The summed E-state index contributed by atoms with van der Waals surface area (Å²) in [6, 6.07) is 13.2. The lowest BCUT2D eigenvalue weighted by Crippen LogP contribution is -2.32. The third-order valence-corrected chi connectivity index (χ3v) is 7.01. The van der Waals surface area contributed by atoms with Crippen molar-refractivity contribution in [3.63, 3.8) is 0 Å². The summed E-state index contributed by atoms with van der Waals surface area (Å²) in [5.74, 6) is 1.40. The van der Waals surface area contributed by atoms with Gasteiger partial charge in [0, 0.05) is 57.5 Å². The number of halogens is 2. The van der Waals surface area contributed by atoms with Gasteiger partial charge in [0.2, 0.25) is 5.88 Å². The summed E-state index contributed by atoms with van der Waals surface area (Å²) in [7, 11) is 3.84. The first-order valence-corrected chi connectivity index (χ1v) is 12.0. The van der Waals surface area contributed by atoms with Crippen molar-refractivity contribution in [3.8, 4) is 5.88 Å². The number of carbonyl (C=O) groups is 1. The molecule has 2 aromatic heterocycles. The number of nitrogens with zero attached hydrogens (tertiary/aromatic N) is 4. The Hall–Kier alpha value is -2.83. The molecule has 0 spiro atoms. The van der Waals surface area contributed by atoms with E-state index in [1.54, 1.807) is 18.5 Å². The van der Waals surface area contributed by atoms with E-state index in [0.29, 0.717) is 34.6 Å². The average Bonchev–Trinajstić information content (AvgIpc) is 3.27. The van der Waals surface area contributed by atoms with Gasteiger partial charge in [-0.2, -0.15) is 0 Å². The number of likely N-dealkylation sites (tertiary alicyclic amines) is 1. The Kier molecular flexibility index (Phi) is 7.29. The standard InChI is InChI=1S/C26H28Cl2N4O2/c1-16-5-10-25(30-12-16)34-17(2)20-14-32(15-21(20)18-6-8-22(27)23(28)11-18)26(33)19-7-9-24(29-13-19)31(3)4/h5-13,17,20-21H,14-15H2,1-4H3/t17-,20+,21+/m1/s1. The van der Waals surface area contributed by atoms with Crippen molar-refractivity contribution < 1.29 is 9.53 Å². The SMILES string of the molecule is Cc1ccc(O[C@H](C)[C@@H]2CN(C(=O)c3ccc(N(C)C)nc3)C[C@H]2c2ccc(Cl)c(Cl)c2)nc1. The van der Waals surface area contributed by atoms with Crippen LogP contribution < -0.4 is 9.64 Å². The third-order valence-electron chi connectivity index (χ3n) is 6.27. The summed E-state index contributed by atoms with van der Waals surface area (Å²) < 4.78 is 6.21. The van der Waals surface area contributed by atoms with E-state index < -0.39 is 0 Å². The van der Waals surface area contributed by atoms with Crippen LogP contribution in [0, 0.1) is 12.8 Å². The summed E-state index contributed by atoms with van der Waals surface area (Å²) in [6.07, 6.45) is 3.24. The summed E-state index contributed by atoms with van der Waals surface area (Å²) in [5, 5.41) is 1.01. The zero-order valence-corrected chi connectivity index (χ0v) is 21.2. The molecule has 1 aliphatic heterocycles. The number of aryl methyl sites for hydroxylation is 1. The van der Waals surface area contributed by atoms with Crippen molar-refractivity contribution in [1.82, 2.24) is 14.9 Å². The summed E-state index contributed by atoms with van der Waals surface area (Å²) in [6.45, 7) is 5.11. The van der Waals surface area contributed by atoms with Gasteiger partial charge in [0.05, 0.1) is 15.6 Å². The predicted octanol–water partition coefficient (Wildman–Crippen LogP) is 5.48. The molecule has 8 heteroatoms. The average molecular weight is 499 g/mol. The Morgan fingerprint density at radius 3 is 2.47 bits per heavy atom. The lowest BCUT2D eigenvalue weighted by atomic mass is 9.86. The maximum absolute atomic E-state index is 13.4. The molecule has 34 heavy (non-hydrogen) atoms. The Labute approximate surface area is 210 Å². The summed E-state index contributed by atoms with van der Waals surface area (Å²) in [5.41, 5.74) is 2.66. The highest BCUT2D eigenvalue weighted by atomic mass is 35.5. The number of hydrogen-bond donors (Lipinski definition) is 0. The van der Waals surface area contributed by atoms with Gasteiger partial charge in [-0.3, -0.25) is 4.79 Å². The van der Waals surface area contributed by atoms with Crippen LogP contribution in [0.25, 0.3) is 0 Å². The number of aromatic nitrogens is 2. The second kappa shape index (κ2) is 10.2. The van der Waals surface area contributed by atoms with Gasteiger partial charge in [0.15, 0.2) is 0 Å². The number of carbonyl (C=O) groups excluding carboxylic acids is 1.